The number of hydrogen-bond donors (Lipinski definition) is 1. The number of methoxy groups -OCH3 is 1. The maximum absolute atomic E-state index is 12.2. The van der Waals surface area contributed by atoms with E-state index in [1.54, 1.807) is 24.3 Å². The van der Waals surface area contributed by atoms with E-state index in [-0.39, 0.29) is 6.42 Å². The van der Waals surface area contributed by atoms with Crippen LogP contribution in [-0.4, -0.2) is 24.6 Å². The number of carbonyl (C=O) groups is 1. The lowest BCUT2D eigenvalue weighted by atomic mass is 9.96. The third-order valence-electron chi connectivity index (χ3n) is 2.47. The molecule has 0 saturated carbocycles. The number of para-hydroxylation sites is 1. The second-order valence-corrected chi connectivity index (χ2v) is 3.68. The van der Waals surface area contributed by atoms with Crippen LogP contribution in [0.2, 0.25) is 0 Å². The molecule has 0 spiro atoms. The molecule has 0 aromatic heterocycles. The van der Waals surface area contributed by atoms with Gasteiger partial charge in [0.1, 0.15) is 5.75 Å². The van der Waals surface area contributed by atoms with Gasteiger partial charge >= 0.3 is 5.97 Å². The third-order valence-corrected chi connectivity index (χ3v) is 2.47. The van der Waals surface area contributed by atoms with Gasteiger partial charge in [0.05, 0.1) is 13.0 Å². The lowest BCUT2D eigenvalue weighted by Crippen LogP contribution is -2.19. The molecular weight excluding hydrogens is 230 g/mol. The molecule has 0 aliphatic rings. The van der Waals surface area contributed by atoms with Crippen molar-refractivity contribution in [1.82, 2.24) is 0 Å². The molecule has 0 bridgehead atoms. The molecule has 1 N–H and O–H groups in total. The van der Waals surface area contributed by atoms with Crippen molar-refractivity contribution in [3.63, 3.8) is 0 Å². The van der Waals surface area contributed by atoms with E-state index in [1.807, 2.05) is 0 Å². The van der Waals surface area contributed by atoms with Crippen molar-refractivity contribution in [2.45, 2.75) is 19.3 Å². The van der Waals surface area contributed by atoms with Crippen LogP contribution in [0.25, 0.3) is 0 Å². The summed E-state index contributed by atoms with van der Waals surface area (Å²) in [6, 6.07) is 6.82. The zero-order valence-corrected chi connectivity index (χ0v) is 9.40. The molecule has 1 aromatic carbocycles. The highest BCUT2D eigenvalue weighted by Crippen LogP contribution is 2.24. The molecule has 0 saturated heterocycles. The van der Waals surface area contributed by atoms with E-state index in [9.17, 15) is 13.6 Å². The fraction of sp³-hybridized carbons (Fsp3) is 0.417. The first-order valence-corrected chi connectivity index (χ1v) is 5.17. The number of benzene rings is 1. The fourth-order valence-electron chi connectivity index (χ4n) is 1.62. The average molecular weight is 244 g/mol. The van der Waals surface area contributed by atoms with Crippen molar-refractivity contribution in [3.05, 3.63) is 29.8 Å². The van der Waals surface area contributed by atoms with Crippen LogP contribution in [0, 0.1) is 5.92 Å². The topological polar surface area (TPSA) is 46.5 Å². The summed E-state index contributed by atoms with van der Waals surface area (Å²) < 4.78 is 29.5. The fourth-order valence-corrected chi connectivity index (χ4v) is 1.62. The van der Waals surface area contributed by atoms with Crippen molar-refractivity contribution in [2.75, 3.05) is 7.11 Å². The Morgan fingerprint density at radius 1 is 1.41 bits per heavy atom. The van der Waals surface area contributed by atoms with Gasteiger partial charge in [0, 0.05) is 6.42 Å². The molecule has 94 valence electrons. The molecule has 3 nitrogen and oxygen atoms in total. The molecule has 0 fully saturated rings. The van der Waals surface area contributed by atoms with Crippen LogP contribution in [0.4, 0.5) is 8.78 Å². The second kappa shape index (κ2) is 6.18. The number of halogens is 2. The minimum absolute atomic E-state index is 0.0453. The van der Waals surface area contributed by atoms with Gasteiger partial charge in [0.2, 0.25) is 6.43 Å². The van der Waals surface area contributed by atoms with Gasteiger partial charge in [-0.2, -0.15) is 0 Å². The number of carboxylic acids is 1. The highest BCUT2D eigenvalue weighted by atomic mass is 19.3. The SMILES string of the molecule is COc1ccccc1CC(CC(F)F)C(=O)O. The number of hydrogen-bond acceptors (Lipinski definition) is 2. The maximum atomic E-state index is 12.2. The molecule has 1 rings (SSSR count). The molecule has 0 aliphatic carbocycles. The first kappa shape index (κ1) is 13.4. The smallest absolute Gasteiger partial charge is 0.307 e. The van der Waals surface area contributed by atoms with Gasteiger partial charge in [0.15, 0.2) is 0 Å². The number of ether oxygens (including phenoxy) is 1. The Balaban J connectivity index is 2.82. The normalized spacial score (nSPS) is 12.5. The molecule has 1 aromatic rings. The lowest BCUT2D eigenvalue weighted by molar-refractivity contribution is -0.143. The van der Waals surface area contributed by atoms with Crippen LogP contribution in [0.15, 0.2) is 24.3 Å². The first-order chi connectivity index (χ1) is 8.04. The van der Waals surface area contributed by atoms with Crippen molar-refractivity contribution in [1.29, 1.82) is 0 Å². The van der Waals surface area contributed by atoms with Gasteiger partial charge in [-0.1, -0.05) is 18.2 Å². The Morgan fingerprint density at radius 3 is 2.59 bits per heavy atom. The molecule has 0 heterocycles. The zero-order chi connectivity index (χ0) is 12.8. The number of alkyl halides is 2. The van der Waals surface area contributed by atoms with E-state index in [0.717, 1.165) is 0 Å². The summed E-state index contributed by atoms with van der Waals surface area (Å²) in [5.74, 6) is -1.78. The van der Waals surface area contributed by atoms with Crippen molar-refractivity contribution in [2.24, 2.45) is 5.92 Å². The Hall–Kier alpha value is -1.65. The number of carboxylic acid groups (broad SMARTS) is 1. The summed E-state index contributed by atoms with van der Waals surface area (Å²) in [6.45, 7) is 0. The van der Waals surface area contributed by atoms with E-state index < -0.39 is 24.7 Å². The molecule has 0 amide bonds. The number of rotatable bonds is 6. The lowest BCUT2D eigenvalue weighted by Gasteiger charge is -2.14. The van der Waals surface area contributed by atoms with Crippen LogP contribution in [0.3, 0.4) is 0 Å². The Bertz CT molecular complexity index is 380. The van der Waals surface area contributed by atoms with Gasteiger partial charge in [-0.05, 0) is 18.1 Å². The highest BCUT2D eigenvalue weighted by Gasteiger charge is 2.23. The van der Waals surface area contributed by atoms with Crippen LogP contribution in [0.5, 0.6) is 5.75 Å². The summed E-state index contributed by atoms with van der Waals surface area (Å²) in [5.41, 5.74) is 0.628. The summed E-state index contributed by atoms with van der Waals surface area (Å²) in [7, 11) is 1.46. The molecule has 1 unspecified atom stereocenters. The summed E-state index contributed by atoms with van der Waals surface area (Å²) in [5, 5.41) is 8.87. The van der Waals surface area contributed by atoms with Crippen molar-refractivity contribution in [3.8, 4) is 5.75 Å². The monoisotopic (exact) mass is 244 g/mol. The predicted molar refractivity (Wildman–Crippen MR) is 58.4 cm³/mol. The van der Waals surface area contributed by atoms with Gasteiger partial charge < -0.3 is 9.84 Å². The van der Waals surface area contributed by atoms with Gasteiger partial charge in [-0.25, -0.2) is 8.78 Å². The maximum Gasteiger partial charge on any atom is 0.307 e. The van der Waals surface area contributed by atoms with Crippen LogP contribution < -0.4 is 4.74 Å². The molecular formula is C12H14F2O3. The standard InChI is InChI=1S/C12H14F2O3/c1-17-10-5-3-2-4-8(10)6-9(12(15)16)7-11(13)14/h2-5,9,11H,6-7H2,1H3,(H,15,16). The number of aliphatic carboxylic acids is 1. The molecule has 17 heavy (non-hydrogen) atoms. The zero-order valence-electron chi connectivity index (χ0n) is 9.40. The van der Waals surface area contributed by atoms with E-state index >= 15 is 0 Å². The van der Waals surface area contributed by atoms with Crippen LogP contribution in [-0.2, 0) is 11.2 Å². The van der Waals surface area contributed by atoms with Crippen LogP contribution in [0.1, 0.15) is 12.0 Å². The minimum Gasteiger partial charge on any atom is -0.496 e. The van der Waals surface area contributed by atoms with E-state index in [4.69, 9.17) is 9.84 Å². The van der Waals surface area contributed by atoms with Crippen molar-refractivity contribution < 1.29 is 23.4 Å². The van der Waals surface area contributed by atoms with Gasteiger partial charge in [-0.15, -0.1) is 0 Å². The Morgan fingerprint density at radius 2 is 2.06 bits per heavy atom. The molecule has 0 radical (unpaired) electrons. The quantitative estimate of drug-likeness (QED) is 0.836. The third kappa shape index (κ3) is 4.01. The summed E-state index contributed by atoms with van der Waals surface area (Å²) in [4.78, 5) is 10.9. The van der Waals surface area contributed by atoms with Gasteiger partial charge in [-0.3, -0.25) is 4.79 Å². The van der Waals surface area contributed by atoms with E-state index in [2.05, 4.69) is 0 Å². The predicted octanol–water partition coefficient (Wildman–Crippen LogP) is 2.59. The summed E-state index contributed by atoms with van der Waals surface area (Å²) >= 11 is 0. The highest BCUT2D eigenvalue weighted by molar-refractivity contribution is 5.70. The molecule has 0 aliphatic heterocycles. The Kier molecular flexibility index (Phi) is 4.87. The molecule has 1 atom stereocenters. The molecule has 5 heteroatoms. The average Bonchev–Trinajstić information content (AvgIpc) is 2.28. The first-order valence-electron chi connectivity index (χ1n) is 5.17. The summed E-state index contributed by atoms with van der Waals surface area (Å²) in [6.07, 6.45) is -3.22. The second-order valence-electron chi connectivity index (χ2n) is 3.68. The van der Waals surface area contributed by atoms with E-state index in [0.29, 0.717) is 11.3 Å². The largest absolute Gasteiger partial charge is 0.496 e. The van der Waals surface area contributed by atoms with Crippen LogP contribution >= 0.6 is 0 Å². The Labute approximate surface area is 98.0 Å². The van der Waals surface area contributed by atoms with Crippen molar-refractivity contribution >= 4 is 5.97 Å². The van der Waals surface area contributed by atoms with E-state index in [1.165, 1.54) is 7.11 Å². The van der Waals surface area contributed by atoms with Gasteiger partial charge in [0.25, 0.3) is 0 Å². The minimum atomic E-state index is -2.62.